The molecule has 0 bridgehead atoms. The van der Waals surface area contributed by atoms with Gasteiger partial charge in [-0.05, 0) is 44.0 Å². The van der Waals surface area contributed by atoms with Gasteiger partial charge in [0.25, 0.3) is 0 Å². The van der Waals surface area contributed by atoms with Gasteiger partial charge in [0.1, 0.15) is 18.1 Å². The summed E-state index contributed by atoms with van der Waals surface area (Å²) < 4.78 is 11.0. The second-order valence-electron chi connectivity index (χ2n) is 6.77. The van der Waals surface area contributed by atoms with Gasteiger partial charge in [0.2, 0.25) is 0 Å². The molecule has 1 N–H and O–H groups in total. The number of ether oxygens (including phenoxy) is 2. The van der Waals surface area contributed by atoms with E-state index < -0.39 is 0 Å². The van der Waals surface area contributed by atoms with E-state index in [0.29, 0.717) is 13.2 Å². The molecule has 5 heteroatoms. The van der Waals surface area contributed by atoms with Crippen molar-refractivity contribution in [2.75, 3.05) is 51.3 Å². The lowest BCUT2D eigenvalue weighted by Gasteiger charge is -2.35. The molecular weight excluding hydrogens is 292 g/mol. The van der Waals surface area contributed by atoms with E-state index in [4.69, 9.17) is 9.47 Å². The molecule has 0 aliphatic carbocycles. The molecule has 1 aromatic carbocycles. The van der Waals surface area contributed by atoms with Crippen LogP contribution in [-0.4, -0.2) is 62.6 Å². The highest BCUT2D eigenvalue weighted by Gasteiger charge is 2.23. The number of aliphatic hydroxyl groups is 1. The number of hydrogen-bond donors (Lipinski definition) is 1. The van der Waals surface area contributed by atoms with Crippen LogP contribution in [0.5, 0.6) is 11.5 Å². The molecule has 1 atom stereocenters. The molecule has 1 unspecified atom stereocenters. The minimum absolute atomic E-state index is 0.347. The summed E-state index contributed by atoms with van der Waals surface area (Å²) in [6.45, 7) is 7.36. The number of hydrogen-bond acceptors (Lipinski definition) is 5. The fourth-order valence-electron chi connectivity index (χ4n) is 3.42. The summed E-state index contributed by atoms with van der Waals surface area (Å²) in [5, 5.41) is 10.5. The topological polar surface area (TPSA) is 45.2 Å². The SMILES string of the molecule is COc1ccc2c(c1)N(CC(O)CN1CCC(C)CC1)CCO2. The number of piperidine rings is 1. The van der Waals surface area contributed by atoms with Crippen LogP contribution < -0.4 is 14.4 Å². The number of methoxy groups -OCH3 is 1. The van der Waals surface area contributed by atoms with Gasteiger partial charge in [-0.3, -0.25) is 0 Å². The molecule has 0 spiro atoms. The van der Waals surface area contributed by atoms with Gasteiger partial charge in [0.05, 0.1) is 25.4 Å². The van der Waals surface area contributed by atoms with Crippen molar-refractivity contribution in [1.29, 1.82) is 0 Å². The van der Waals surface area contributed by atoms with Crippen LogP contribution in [0.15, 0.2) is 18.2 Å². The molecule has 1 fully saturated rings. The lowest BCUT2D eigenvalue weighted by Crippen LogP contribution is -2.45. The predicted octanol–water partition coefficient (Wildman–Crippen LogP) is 1.99. The Balaban J connectivity index is 1.60. The quantitative estimate of drug-likeness (QED) is 0.899. The van der Waals surface area contributed by atoms with E-state index in [0.717, 1.165) is 49.3 Å². The fraction of sp³-hybridized carbons (Fsp3) is 0.667. The first-order valence-electron chi connectivity index (χ1n) is 8.62. The number of benzene rings is 1. The normalized spacial score (nSPS) is 20.7. The lowest BCUT2D eigenvalue weighted by atomic mass is 9.99. The first-order chi connectivity index (χ1) is 11.2. The summed E-state index contributed by atoms with van der Waals surface area (Å²) in [5.41, 5.74) is 1.02. The summed E-state index contributed by atoms with van der Waals surface area (Å²) in [4.78, 5) is 4.59. The Morgan fingerprint density at radius 2 is 2.04 bits per heavy atom. The van der Waals surface area contributed by atoms with Crippen LogP contribution in [0.2, 0.25) is 0 Å². The van der Waals surface area contributed by atoms with Gasteiger partial charge in [0, 0.05) is 19.2 Å². The minimum Gasteiger partial charge on any atom is -0.497 e. The number of β-amino-alcohol motifs (C(OH)–C–C–N with tert-alkyl or cyclic N) is 1. The third kappa shape index (κ3) is 4.09. The summed E-state index contributed by atoms with van der Waals surface area (Å²) in [7, 11) is 1.67. The molecule has 3 rings (SSSR count). The smallest absolute Gasteiger partial charge is 0.142 e. The van der Waals surface area contributed by atoms with Crippen LogP contribution in [0.25, 0.3) is 0 Å². The Bertz CT molecular complexity index is 515. The molecule has 0 amide bonds. The average molecular weight is 320 g/mol. The largest absolute Gasteiger partial charge is 0.497 e. The van der Waals surface area contributed by atoms with E-state index >= 15 is 0 Å². The van der Waals surface area contributed by atoms with Gasteiger partial charge < -0.3 is 24.4 Å². The van der Waals surface area contributed by atoms with Gasteiger partial charge in [-0.1, -0.05) is 6.92 Å². The van der Waals surface area contributed by atoms with Crippen LogP contribution >= 0.6 is 0 Å². The Morgan fingerprint density at radius 1 is 1.26 bits per heavy atom. The van der Waals surface area contributed by atoms with Crippen LogP contribution in [0, 0.1) is 5.92 Å². The van der Waals surface area contributed by atoms with Crippen molar-refractivity contribution in [1.82, 2.24) is 4.90 Å². The monoisotopic (exact) mass is 320 g/mol. The van der Waals surface area contributed by atoms with Gasteiger partial charge >= 0.3 is 0 Å². The van der Waals surface area contributed by atoms with Crippen LogP contribution in [0.3, 0.4) is 0 Å². The van der Waals surface area contributed by atoms with Crippen molar-refractivity contribution >= 4 is 5.69 Å². The number of likely N-dealkylation sites (tertiary alicyclic amines) is 1. The van der Waals surface area contributed by atoms with Gasteiger partial charge in [-0.2, -0.15) is 0 Å². The fourth-order valence-corrected chi connectivity index (χ4v) is 3.42. The Kier molecular flexibility index (Phi) is 5.28. The van der Waals surface area contributed by atoms with Crippen molar-refractivity contribution in [3.63, 3.8) is 0 Å². The van der Waals surface area contributed by atoms with Crippen LogP contribution in [0.4, 0.5) is 5.69 Å². The summed E-state index contributed by atoms with van der Waals surface area (Å²) in [6, 6.07) is 5.84. The minimum atomic E-state index is -0.347. The molecule has 0 aromatic heterocycles. The van der Waals surface area contributed by atoms with Crippen molar-refractivity contribution in [2.45, 2.75) is 25.9 Å². The zero-order chi connectivity index (χ0) is 16.2. The highest BCUT2D eigenvalue weighted by molar-refractivity contribution is 5.62. The predicted molar refractivity (Wildman–Crippen MR) is 91.5 cm³/mol. The van der Waals surface area contributed by atoms with Crippen molar-refractivity contribution in [3.8, 4) is 11.5 Å². The highest BCUT2D eigenvalue weighted by Crippen LogP contribution is 2.34. The second kappa shape index (κ2) is 7.41. The van der Waals surface area contributed by atoms with E-state index in [1.807, 2.05) is 18.2 Å². The number of anilines is 1. The van der Waals surface area contributed by atoms with Crippen molar-refractivity contribution < 1.29 is 14.6 Å². The molecule has 1 aromatic rings. The van der Waals surface area contributed by atoms with E-state index in [-0.39, 0.29) is 6.10 Å². The number of nitrogens with zero attached hydrogens (tertiary/aromatic N) is 2. The van der Waals surface area contributed by atoms with Crippen LogP contribution in [0.1, 0.15) is 19.8 Å². The zero-order valence-corrected chi connectivity index (χ0v) is 14.2. The zero-order valence-electron chi connectivity index (χ0n) is 14.2. The molecular formula is C18H28N2O3. The van der Waals surface area contributed by atoms with E-state index in [9.17, 15) is 5.11 Å². The molecule has 0 saturated carbocycles. The molecule has 2 heterocycles. The highest BCUT2D eigenvalue weighted by atomic mass is 16.5. The second-order valence-corrected chi connectivity index (χ2v) is 6.77. The van der Waals surface area contributed by atoms with Gasteiger partial charge in [-0.25, -0.2) is 0 Å². The van der Waals surface area contributed by atoms with Crippen LogP contribution in [-0.2, 0) is 0 Å². The Morgan fingerprint density at radius 3 is 2.78 bits per heavy atom. The molecule has 2 aliphatic heterocycles. The average Bonchev–Trinajstić information content (AvgIpc) is 2.57. The molecule has 128 valence electrons. The summed E-state index contributed by atoms with van der Waals surface area (Å²) in [5.74, 6) is 2.51. The van der Waals surface area contributed by atoms with Gasteiger partial charge in [-0.15, -0.1) is 0 Å². The first kappa shape index (κ1) is 16.4. The van der Waals surface area contributed by atoms with E-state index in [2.05, 4.69) is 16.7 Å². The lowest BCUT2D eigenvalue weighted by molar-refractivity contribution is 0.0940. The Hall–Kier alpha value is -1.46. The maximum Gasteiger partial charge on any atom is 0.142 e. The number of rotatable bonds is 5. The van der Waals surface area contributed by atoms with Crippen molar-refractivity contribution in [3.05, 3.63) is 18.2 Å². The first-order valence-corrected chi connectivity index (χ1v) is 8.62. The maximum atomic E-state index is 10.5. The molecule has 5 nitrogen and oxygen atoms in total. The van der Waals surface area contributed by atoms with E-state index in [1.165, 1.54) is 12.8 Å². The number of fused-ring (bicyclic) bond motifs is 1. The molecule has 23 heavy (non-hydrogen) atoms. The summed E-state index contributed by atoms with van der Waals surface area (Å²) >= 11 is 0. The maximum absolute atomic E-state index is 10.5. The molecule has 2 aliphatic rings. The van der Waals surface area contributed by atoms with E-state index in [1.54, 1.807) is 7.11 Å². The number of aliphatic hydroxyl groups excluding tert-OH is 1. The molecule has 1 saturated heterocycles. The summed E-state index contributed by atoms with van der Waals surface area (Å²) in [6.07, 6.45) is 2.13. The standard InChI is InChI=1S/C18H28N2O3/c1-14-5-7-19(8-6-14)12-15(21)13-20-9-10-23-18-4-3-16(22-2)11-17(18)20/h3-4,11,14-15,21H,5-10,12-13H2,1-2H3. The molecule has 0 radical (unpaired) electrons. The van der Waals surface area contributed by atoms with Crippen molar-refractivity contribution in [2.24, 2.45) is 5.92 Å². The third-order valence-corrected chi connectivity index (χ3v) is 4.90. The third-order valence-electron chi connectivity index (χ3n) is 4.90. The van der Waals surface area contributed by atoms with Gasteiger partial charge in [0.15, 0.2) is 0 Å². The Labute approximate surface area is 138 Å².